The van der Waals surface area contributed by atoms with Crippen LogP contribution in [0.5, 0.6) is 0 Å². The van der Waals surface area contributed by atoms with Gasteiger partial charge in [-0.3, -0.25) is 15.8 Å². The normalized spacial score (nSPS) is 13.9. The molecule has 0 radical (unpaired) electrons. The van der Waals surface area contributed by atoms with E-state index < -0.39 is 14.8 Å². The highest BCUT2D eigenvalue weighted by Crippen LogP contribution is 2.33. The van der Waals surface area contributed by atoms with E-state index in [-0.39, 0.29) is 17.3 Å². The van der Waals surface area contributed by atoms with Crippen molar-refractivity contribution in [3.05, 3.63) is 78.4 Å². The minimum absolute atomic E-state index is 0.0739. The standard InChI is InChI=1S/C20H21N3O3S/c1-22-19(24)14-23-20(21,27(25,26)16-10-3-2-4-11-16)18-13-7-9-15-8-5-6-12-17(15)18/h2-13,23H,14,21H2,1H3,(H,22,24). The molecule has 0 aromatic heterocycles. The fourth-order valence-corrected chi connectivity index (χ4v) is 4.59. The van der Waals surface area contributed by atoms with Gasteiger partial charge in [0.15, 0.2) is 0 Å². The second-order valence-electron chi connectivity index (χ2n) is 6.11. The number of carbonyl (C=O) groups excluding carboxylic acids is 1. The maximum absolute atomic E-state index is 13.5. The molecule has 0 bridgehead atoms. The van der Waals surface area contributed by atoms with E-state index in [2.05, 4.69) is 10.6 Å². The number of hydrogen-bond acceptors (Lipinski definition) is 5. The van der Waals surface area contributed by atoms with E-state index >= 15 is 0 Å². The van der Waals surface area contributed by atoms with Crippen molar-refractivity contribution >= 4 is 26.5 Å². The van der Waals surface area contributed by atoms with Gasteiger partial charge in [0.1, 0.15) is 0 Å². The molecule has 1 unspecified atom stereocenters. The molecule has 0 saturated heterocycles. The molecule has 0 aliphatic rings. The highest BCUT2D eigenvalue weighted by Gasteiger charge is 2.43. The van der Waals surface area contributed by atoms with Crippen LogP contribution in [-0.4, -0.2) is 27.9 Å². The first-order chi connectivity index (χ1) is 12.9. The van der Waals surface area contributed by atoms with E-state index in [9.17, 15) is 13.2 Å². The zero-order valence-electron chi connectivity index (χ0n) is 14.8. The number of rotatable bonds is 6. The third-order valence-electron chi connectivity index (χ3n) is 4.46. The molecule has 3 rings (SSSR count). The van der Waals surface area contributed by atoms with Crippen molar-refractivity contribution in [2.75, 3.05) is 13.6 Å². The third kappa shape index (κ3) is 3.44. The summed E-state index contributed by atoms with van der Waals surface area (Å²) >= 11 is 0. The number of benzene rings is 3. The summed E-state index contributed by atoms with van der Waals surface area (Å²) in [7, 11) is -2.58. The highest BCUT2D eigenvalue weighted by molar-refractivity contribution is 7.92. The van der Waals surface area contributed by atoms with E-state index in [0.717, 1.165) is 5.39 Å². The average molecular weight is 383 g/mol. The zero-order chi connectivity index (χ0) is 19.5. The highest BCUT2D eigenvalue weighted by atomic mass is 32.2. The number of carbonyl (C=O) groups is 1. The van der Waals surface area contributed by atoms with Gasteiger partial charge in [-0.05, 0) is 22.9 Å². The zero-order valence-corrected chi connectivity index (χ0v) is 15.7. The van der Waals surface area contributed by atoms with Gasteiger partial charge in [0, 0.05) is 12.6 Å². The van der Waals surface area contributed by atoms with Gasteiger partial charge >= 0.3 is 0 Å². The summed E-state index contributed by atoms with van der Waals surface area (Å²) in [5.41, 5.74) is 6.90. The van der Waals surface area contributed by atoms with Gasteiger partial charge in [0.2, 0.25) is 20.7 Å². The molecule has 0 aliphatic carbocycles. The Morgan fingerprint density at radius 2 is 1.59 bits per heavy atom. The first-order valence-electron chi connectivity index (χ1n) is 8.42. The summed E-state index contributed by atoms with van der Waals surface area (Å²) in [5, 5.41) is 6.79. The summed E-state index contributed by atoms with van der Waals surface area (Å²) < 4.78 is 27.0. The lowest BCUT2D eigenvalue weighted by Crippen LogP contribution is -2.58. The van der Waals surface area contributed by atoms with Crippen LogP contribution in [0.25, 0.3) is 10.8 Å². The number of sulfone groups is 1. The Bertz CT molecular complexity index is 1060. The largest absolute Gasteiger partial charge is 0.358 e. The van der Waals surface area contributed by atoms with Crippen LogP contribution in [0.1, 0.15) is 5.56 Å². The Hall–Kier alpha value is -2.74. The van der Waals surface area contributed by atoms with Gasteiger partial charge in [0.05, 0.1) is 11.4 Å². The van der Waals surface area contributed by atoms with Crippen molar-refractivity contribution in [1.29, 1.82) is 0 Å². The summed E-state index contributed by atoms with van der Waals surface area (Å²) in [6.45, 7) is -0.248. The molecular weight excluding hydrogens is 362 g/mol. The van der Waals surface area contributed by atoms with Gasteiger partial charge < -0.3 is 5.32 Å². The van der Waals surface area contributed by atoms with Gasteiger partial charge in [0.25, 0.3) is 0 Å². The Balaban J connectivity index is 2.23. The van der Waals surface area contributed by atoms with E-state index in [1.54, 1.807) is 30.3 Å². The van der Waals surface area contributed by atoms with Crippen LogP contribution in [-0.2, 0) is 19.6 Å². The monoisotopic (exact) mass is 383 g/mol. The maximum Gasteiger partial charge on any atom is 0.233 e. The Morgan fingerprint density at radius 1 is 0.963 bits per heavy atom. The molecule has 4 N–H and O–H groups in total. The lowest BCUT2D eigenvalue weighted by Gasteiger charge is -2.31. The molecule has 0 spiro atoms. The van der Waals surface area contributed by atoms with Crippen molar-refractivity contribution in [2.45, 2.75) is 9.89 Å². The van der Waals surface area contributed by atoms with E-state index in [4.69, 9.17) is 5.73 Å². The molecule has 7 heteroatoms. The van der Waals surface area contributed by atoms with Gasteiger partial charge in [-0.1, -0.05) is 60.7 Å². The quantitative estimate of drug-likeness (QED) is 0.563. The second-order valence-corrected chi connectivity index (χ2v) is 8.23. The third-order valence-corrected chi connectivity index (χ3v) is 6.56. The molecule has 0 fully saturated rings. The summed E-state index contributed by atoms with van der Waals surface area (Å²) in [4.78, 5) is 9.88. The van der Waals surface area contributed by atoms with Gasteiger partial charge in [-0.2, -0.15) is 0 Å². The first-order valence-corrected chi connectivity index (χ1v) is 9.91. The van der Waals surface area contributed by atoms with Crippen LogP contribution in [0, 0.1) is 0 Å². The number of nitrogens with one attached hydrogen (secondary N) is 2. The van der Waals surface area contributed by atoms with Gasteiger partial charge in [-0.15, -0.1) is 0 Å². The first kappa shape index (κ1) is 19.0. The number of fused-ring (bicyclic) bond motifs is 1. The summed E-state index contributed by atoms with van der Waals surface area (Å²) in [6.07, 6.45) is 0. The van der Waals surface area contributed by atoms with Crippen LogP contribution < -0.4 is 16.4 Å². The van der Waals surface area contributed by atoms with Crippen LogP contribution in [0.3, 0.4) is 0 Å². The second kappa shape index (κ2) is 7.48. The molecule has 6 nitrogen and oxygen atoms in total. The van der Waals surface area contributed by atoms with Crippen molar-refractivity contribution < 1.29 is 13.2 Å². The van der Waals surface area contributed by atoms with Crippen LogP contribution >= 0.6 is 0 Å². The van der Waals surface area contributed by atoms with E-state index in [1.807, 2.05) is 30.3 Å². The molecule has 1 atom stereocenters. The molecule has 140 valence electrons. The Morgan fingerprint density at radius 3 is 2.30 bits per heavy atom. The number of likely N-dealkylation sites (N-methyl/N-ethyl adjacent to an activating group) is 1. The molecule has 3 aromatic carbocycles. The van der Waals surface area contributed by atoms with Crippen molar-refractivity contribution in [2.24, 2.45) is 5.73 Å². The molecule has 1 amide bonds. The molecule has 0 heterocycles. The molecule has 0 saturated carbocycles. The fourth-order valence-electron chi connectivity index (χ4n) is 2.97. The van der Waals surface area contributed by atoms with Crippen molar-refractivity contribution in [3.63, 3.8) is 0 Å². The predicted molar refractivity (Wildman–Crippen MR) is 106 cm³/mol. The number of hydrogen-bond donors (Lipinski definition) is 3. The maximum atomic E-state index is 13.5. The minimum atomic E-state index is -4.06. The van der Waals surface area contributed by atoms with Crippen LogP contribution in [0.15, 0.2) is 77.7 Å². The Kier molecular flexibility index (Phi) is 5.27. The van der Waals surface area contributed by atoms with E-state index in [1.165, 1.54) is 19.2 Å². The molecular formula is C20H21N3O3S. The molecule has 3 aromatic rings. The molecule has 27 heavy (non-hydrogen) atoms. The minimum Gasteiger partial charge on any atom is -0.358 e. The summed E-state index contributed by atoms with van der Waals surface area (Å²) in [6, 6.07) is 20.7. The Labute approximate surface area is 158 Å². The predicted octanol–water partition coefficient (Wildman–Crippen LogP) is 1.72. The van der Waals surface area contributed by atoms with Crippen LogP contribution in [0.2, 0.25) is 0 Å². The van der Waals surface area contributed by atoms with E-state index in [0.29, 0.717) is 10.9 Å². The summed E-state index contributed by atoms with van der Waals surface area (Å²) in [5.74, 6) is -0.367. The van der Waals surface area contributed by atoms with Gasteiger partial charge in [-0.25, -0.2) is 8.42 Å². The number of nitrogens with two attached hydrogens (primary N) is 1. The van der Waals surface area contributed by atoms with Crippen molar-refractivity contribution in [1.82, 2.24) is 10.6 Å². The fraction of sp³-hybridized carbons (Fsp3) is 0.150. The smallest absolute Gasteiger partial charge is 0.233 e. The average Bonchev–Trinajstić information content (AvgIpc) is 2.71. The van der Waals surface area contributed by atoms with Crippen molar-refractivity contribution in [3.8, 4) is 0 Å². The SMILES string of the molecule is CNC(=O)CNC(N)(c1cccc2ccccc12)S(=O)(=O)c1ccccc1. The number of amides is 1. The molecule has 0 aliphatic heterocycles. The van der Waals surface area contributed by atoms with Crippen LogP contribution in [0.4, 0.5) is 0 Å². The topological polar surface area (TPSA) is 101 Å². The lowest BCUT2D eigenvalue weighted by atomic mass is 10.0. The lowest BCUT2D eigenvalue weighted by molar-refractivity contribution is -0.119.